The minimum Gasteiger partial charge on any atom is -0.507 e. The zero-order valence-corrected chi connectivity index (χ0v) is 13.9. The summed E-state index contributed by atoms with van der Waals surface area (Å²) in [7, 11) is -2.38. The zero-order chi connectivity index (χ0) is 17.0. The van der Waals surface area contributed by atoms with E-state index in [2.05, 4.69) is 0 Å². The molecule has 5 heteroatoms. The molecule has 1 heterocycles. The maximum absolute atomic E-state index is 12.2. The van der Waals surface area contributed by atoms with E-state index >= 15 is 0 Å². The molecule has 0 spiro atoms. The van der Waals surface area contributed by atoms with Crippen LogP contribution in [0.25, 0.3) is 32.7 Å². The summed E-state index contributed by atoms with van der Waals surface area (Å²) < 4.78 is 23.3. The van der Waals surface area contributed by atoms with Crippen molar-refractivity contribution < 1.29 is 18.7 Å². The van der Waals surface area contributed by atoms with Crippen LogP contribution in [-0.4, -0.2) is 5.11 Å². The Morgan fingerprint density at radius 2 is 1.36 bits per heavy atom. The van der Waals surface area contributed by atoms with Gasteiger partial charge in [0.25, 0.3) is 0 Å². The molecular weight excluding hydrogens is 335 g/mol. The third-order valence-electron chi connectivity index (χ3n) is 4.47. The van der Waals surface area contributed by atoms with Crippen LogP contribution in [0.2, 0.25) is 0 Å². The standard InChI is InChI=1S/C20H11O4P/c21-16-11-18-20(15-8-4-3-7-14(15)16)19-13-6-2-1-5-12(13)9-10-17(19)23-25(22)24-18/h1-11H/p+1. The molecule has 1 atom stereocenters. The Labute approximate surface area is 144 Å². The molecule has 0 aromatic heterocycles. The van der Waals surface area contributed by atoms with E-state index < -0.39 is 8.25 Å². The van der Waals surface area contributed by atoms with Crippen LogP contribution >= 0.6 is 8.25 Å². The van der Waals surface area contributed by atoms with Crippen LogP contribution in [0.3, 0.4) is 0 Å². The summed E-state index contributed by atoms with van der Waals surface area (Å²) in [5, 5.41) is 13.9. The molecule has 0 aliphatic carbocycles. The Morgan fingerprint density at radius 1 is 0.720 bits per heavy atom. The zero-order valence-electron chi connectivity index (χ0n) is 13.0. The van der Waals surface area contributed by atoms with Gasteiger partial charge in [-0.1, -0.05) is 54.6 Å². The monoisotopic (exact) mass is 347 g/mol. The second-order valence-corrected chi connectivity index (χ2v) is 6.69. The third-order valence-corrected chi connectivity index (χ3v) is 5.16. The molecule has 0 saturated carbocycles. The summed E-state index contributed by atoms with van der Waals surface area (Å²) in [6.07, 6.45) is 0. The first-order valence-electron chi connectivity index (χ1n) is 7.82. The van der Waals surface area contributed by atoms with Crippen LogP contribution in [0.5, 0.6) is 17.2 Å². The van der Waals surface area contributed by atoms with Crippen LogP contribution < -0.4 is 9.05 Å². The Hall–Kier alpha value is -3.10. The summed E-state index contributed by atoms with van der Waals surface area (Å²) in [6.45, 7) is 0. The number of hydrogen-bond donors (Lipinski definition) is 1. The lowest BCUT2D eigenvalue weighted by molar-refractivity contribution is 0.419. The number of fused-ring (bicyclic) bond motifs is 7. The fourth-order valence-electron chi connectivity index (χ4n) is 3.43. The lowest BCUT2D eigenvalue weighted by Gasteiger charge is -2.12. The topological polar surface area (TPSA) is 55.8 Å². The highest BCUT2D eigenvalue weighted by Crippen LogP contribution is 2.53. The summed E-state index contributed by atoms with van der Waals surface area (Å²) in [5.74, 6) is 0.947. The van der Waals surface area contributed by atoms with E-state index in [0.29, 0.717) is 16.9 Å². The molecule has 1 aliphatic heterocycles. The fraction of sp³-hybridized carbons (Fsp3) is 0. The highest BCUT2D eigenvalue weighted by molar-refractivity contribution is 7.34. The van der Waals surface area contributed by atoms with Gasteiger partial charge in [0.1, 0.15) is 5.75 Å². The normalized spacial score (nSPS) is 14.3. The van der Waals surface area contributed by atoms with Gasteiger partial charge >= 0.3 is 8.25 Å². The van der Waals surface area contributed by atoms with Crippen molar-refractivity contribution in [3.63, 3.8) is 0 Å². The molecule has 0 bridgehead atoms. The van der Waals surface area contributed by atoms with Gasteiger partial charge in [0.05, 0.1) is 0 Å². The van der Waals surface area contributed by atoms with Gasteiger partial charge in [-0.25, -0.2) is 9.05 Å². The van der Waals surface area contributed by atoms with Gasteiger partial charge in [-0.15, -0.1) is 0 Å². The van der Waals surface area contributed by atoms with Crippen LogP contribution in [0.4, 0.5) is 0 Å². The second-order valence-electron chi connectivity index (χ2n) is 5.88. The molecule has 4 nitrogen and oxygen atoms in total. The van der Waals surface area contributed by atoms with Crippen molar-refractivity contribution in [1.29, 1.82) is 0 Å². The molecule has 0 amide bonds. The maximum Gasteiger partial charge on any atom is 0.805 e. The quantitative estimate of drug-likeness (QED) is 0.409. The van der Waals surface area contributed by atoms with E-state index in [1.54, 1.807) is 0 Å². The van der Waals surface area contributed by atoms with Crippen LogP contribution in [0.15, 0.2) is 66.7 Å². The molecule has 0 fully saturated rings. The first-order valence-corrected chi connectivity index (χ1v) is 8.92. The Balaban J connectivity index is 2.03. The molecule has 120 valence electrons. The number of hydrogen-bond acceptors (Lipinski definition) is 4. The molecule has 4 aromatic rings. The molecule has 25 heavy (non-hydrogen) atoms. The van der Waals surface area contributed by atoms with E-state index in [-0.39, 0.29) is 5.75 Å². The Morgan fingerprint density at radius 3 is 2.20 bits per heavy atom. The lowest BCUT2D eigenvalue weighted by Crippen LogP contribution is -1.88. The van der Waals surface area contributed by atoms with Crippen molar-refractivity contribution in [2.24, 2.45) is 0 Å². The third kappa shape index (κ3) is 2.08. The molecular formula is C20H12O4P+. The number of benzene rings is 4. The van der Waals surface area contributed by atoms with Gasteiger partial charge in [-0.3, -0.25) is 0 Å². The largest absolute Gasteiger partial charge is 0.805 e. The Kier molecular flexibility index (Phi) is 2.97. The molecule has 1 aliphatic rings. The van der Waals surface area contributed by atoms with Gasteiger partial charge in [0.2, 0.25) is 5.75 Å². The van der Waals surface area contributed by atoms with Crippen molar-refractivity contribution in [2.45, 2.75) is 0 Å². The average molecular weight is 347 g/mol. The second kappa shape index (κ2) is 5.20. The fourth-order valence-corrected chi connectivity index (χ4v) is 4.08. The van der Waals surface area contributed by atoms with E-state index in [1.807, 2.05) is 60.7 Å². The number of rotatable bonds is 0. The highest BCUT2D eigenvalue weighted by Gasteiger charge is 2.35. The first-order chi connectivity index (χ1) is 12.2. The van der Waals surface area contributed by atoms with Gasteiger partial charge in [-0.2, -0.15) is 0 Å². The molecule has 1 N–H and O–H groups in total. The molecule has 1 unspecified atom stereocenters. The summed E-state index contributed by atoms with van der Waals surface area (Å²) in [6, 6.07) is 20.7. The maximum atomic E-state index is 12.2. The summed E-state index contributed by atoms with van der Waals surface area (Å²) in [4.78, 5) is 0. The van der Waals surface area contributed by atoms with Crippen LogP contribution in [0, 0.1) is 0 Å². The van der Waals surface area contributed by atoms with E-state index in [1.165, 1.54) is 6.07 Å². The van der Waals surface area contributed by atoms with Crippen LogP contribution in [-0.2, 0) is 4.57 Å². The highest BCUT2D eigenvalue weighted by atomic mass is 31.1. The smallest absolute Gasteiger partial charge is 0.507 e. The molecule has 5 rings (SSSR count). The van der Waals surface area contributed by atoms with E-state index in [0.717, 1.165) is 27.3 Å². The van der Waals surface area contributed by atoms with Gasteiger partial charge in [0, 0.05) is 27.1 Å². The molecule has 0 saturated heterocycles. The van der Waals surface area contributed by atoms with Crippen molar-refractivity contribution in [2.75, 3.05) is 0 Å². The predicted molar refractivity (Wildman–Crippen MR) is 97.4 cm³/mol. The van der Waals surface area contributed by atoms with E-state index in [4.69, 9.17) is 9.05 Å². The van der Waals surface area contributed by atoms with Crippen LogP contribution in [0.1, 0.15) is 0 Å². The van der Waals surface area contributed by atoms with E-state index in [9.17, 15) is 9.67 Å². The Bertz CT molecular complexity index is 1180. The SMILES string of the molecule is O=[P+]1Oc2ccc3ccccc3c2-c2c(cc(O)c3ccccc23)O1. The van der Waals surface area contributed by atoms with Crippen molar-refractivity contribution in [1.82, 2.24) is 0 Å². The number of phenols is 1. The lowest BCUT2D eigenvalue weighted by atomic mass is 9.92. The van der Waals surface area contributed by atoms with Crippen molar-refractivity contribution in [3.8, 4) is 28.4 Å². The molecule has 0 radical (unpaired) electrons. The predicted octanol–water partition coefficient (Wildman–Crippen LogP) is 5.79. The van der Waals surface area contributed by atoms with Crippen molar-refractivity contribution in [3.05, 3.63) is 66.7 Å². The summed E-state index contributed by atoms with van der Waals surface area (Å²) in [5.41, 5.74) is 1.60. The number of aromatic hydroxyl groups is 1. The number of phenolic OH excluding ortho intramolecular Hbond substituents is 1. The first kappa shape index (κ1) is 14.3. The summed E-state index contributed by atoms with van der Waals surface area (Å²) >= 11 is 0. The van der Waals surface area contributed by atoms with Crippen molar-refractivity contribution >= 4 is 29.8 Å². The van der Waals surface area contributed by atoms with Gasteiger partial charge in [0.15, 0.2) is 5.75 Å². The van der Waals surface area contributed by atoms with Gasteiger partial charge < -0.3 is 5.11 Å². The average Bonchev–Trinajstić information content (AvgIpc) is 2.77. The molecule has 4 aromatic carbocycles. The van der Waals surface area contributed by atoms with Gasteiger partial charge in [-0.05, 0) is 22.2 Å². The minimum absolute atomic E-state index is 0.0847. The minimum atomic E-state index is -2.38.